The third-order valence-corrected chi connectivity index (χ3v) is 6.27. The third kappa shape index (κ3) is 4.09. The highest BCUT2D eigenvalue weighted by molar-refractivity contribution is 7.91. The van der Waals surface area contributed by atoms with Gasteiger partial charge in [0.1, 0.15) is 13.2 Å². The molecule has 2 aromatic carbocycles. The average Bonchev–Trinajstić information content (AvgIpc) is 3.19. The second-order valence-electron chi connectivity index (χ2n) is 6.39. The Balaban J connectivity index is 1.76. The SMILES string of the molecule is COCCNc1oc(-c2ccc(Cl)cc2)nc1S(=O)(=O)c1ccc2c(c1)OCCO2. The van der Waals surface area contributed by atoms with E-state index in [0.717, 1.165) is 0 Å². The number of methoxy groups -OCH3 is 1. The largest absolute Gasteiger partial charge is 0.486 e. The van der Waals surface area contributed by atoms with Crippen molar-refractivity contribution < 1.29 is 27.0 Å². The summed E-state index contributed by atoms with van der Waals surface area (Å²) in [5.74, 6) is 1.06. The maximum atomic E-state index is 13.4. The van der Waals surface area contributed by atoms with Crippen LogP contribution in [0.1, 0.15) is 0 Å². The smallest absolute Gasteiger partial charge is 0.233 e. The van der Waals surface area contributed by atoms with Gasteiger partial charge in [0, 0.05) is 30.3 Å². The first-order valence-electron chi connectivity index (χ1n) is 9.13. The number of hydrogen-bond donors (Lipinski definition) is 1. The van der Waals surface area contributed by atoms with E-state index in [9.17, 15) is 8.42 Å². The van der Waals surface area contributed by atoms with Crippen molar-refractivity contribution in [3.05, 3.63) is 47.5 Å². The van der Waals surface area contributed by atoms with Crippen LogP contribution in [-0.4, -0.2) is 46.9 Å². The number of nitrogens with zero attached hydrogens (tertiary/aromatic N) is 1. The Kier molecular flexibility index (Phi) is 5.85. The van der Waals surface area contributed by atoms with E-state index < -0.39 is 9.84 Å². The molecular weight excluding hydrogens is 432 g/mol. The molecule has 10 heteroatoms. The molecule has 0 amide bonds. The van der Waals surface area contributed by atoms with Crippen molar-refractivity contribution in [2.75, 3.05) is 38.8 Å². The molecule has 0 fully saturated rings. The van der Waals surface area contributed by atoms with Gasteiger partial charge in [-0.1, -0.05) is 11.6 Å². The molecule has 0 unspecified atom stereocenters. The average molecular weight is 451 g/mol. The van der Waals surface area contributed by atoms with Crippen molar-refractivity contribution in [1.29, 1.82) is 0 Å². The first-order chi connectivity index (χ1) is 14.5. The highest BCUT2D eigenvalue weighted by Gasteiger charge is 2.30. The van der Waals surface area contributed by atoms with Crippen LogP contribution in [0, 0.1) is 0 Å². The maximum absolute atomic E-state index is 13.4. The number of ether oxygens (including phenoxy) is 3. The second kappa shape index (κ2) is 8.55. The number of aromatic nitrogens is 1. The lowest BCUT2D eigenvalue weighted by molar-refractivity contribution is 0.171. The van der Waals surface area contributed by atoms with Gasteiger partial charge in [-0.2, -0.15) is 4.98 Å². The van der Waals surface area contributed by atoms with Crippen LogP contribution in [-0.2, 0) is 14.6 Å². The summed E-state index contributed by atoms with van der Waals surface area (Å²) in [6, 6.07) is 11.2. The van der Waals surface area contributed by atoms with Crippen molar-refractivity contribution in [3.8, 4) is 23.0 Å². The third-order valence-electron chi connectivity index (χ3n) is 4.36. The lowest BCUT2D eigenvalue weighted by atomic mass is 10.2. The minimum absolute atomic E-state index is 0.0255. The number of fused-ring (bicyclic) bond motifs is 1. The molecule has 0 atom stereocenters. The molecule has 1 aliphatic heterocycles. The Morgan fingerprint density at radius 1 is 1.10 bits per heavy atom. The molecule has 0 spiro atoms. The van der Waals surface area contributed by atoms with E-state index in [0.29, 0.717) is 48.5 Å². The van der Waals surface area contributed by atoms with E-state index in [1.54, 1.807) is 37.4 Å². The van der Waals surface area contributed by atoms with Crippen LogP contribution in [0.4, 0.5) is 5.88 Å². The van der Waals surface area contributed by atoms with Gasteiger partial charge in [-0.15, -0.1) is 0 Å². The predicted molar refractivity (Wildman–Crippen MR) is 110 cm³/mol. The standard InChI is InChI=1S/C20H19ClN2O6S/c1-26-9-8-22-19-20(23-18(29-19)13-2-4-14(21)5-3-13)30(24,25)15-6-7-16-17(12-15)28-11-10-27-16/h2-7,12,22H,8-11H2,1H3. The summed E-state index contributed by atoms with van der Waals surface area (Å²) in [5, 5.41) is 3.27. The van der Waals surface area contributed by atoms with Crippen LogP contribution < -0.4 is 14.8 Å². The summed E-state index contributed by atoms with van der Waals surface area (Å²) < 4.78 is 48.5. The van der Waals surface area contributed by atoms with Crippen LogP contribution in [0.15, 0.2) is 56.8 Å². The number of nitrogens with one attached hydrogen (secondary N) is 1. The molecule has 0 radical (unpaired) electrons. The normalized spacial score (nSPS) is 13.3. The fourth-order valence-corrected chi connectivity index (χ4v) is 4.30. The quantitative estimate of drug-likeness (QED) is 0.544. The van der Waals surface area contributed by atoms with Crippen LogP contribution in [0.2, 0.25) is 5.02 Å². The molecule has 1 N–H and O–H groups in total. The lowest BCUT2D eigenvalue weighted by Crippen LogP contribution is -2.16. The fraction of sp³-hybridized carbons (Fsp3) is 0.250. The maximum Gasteiger partial charge on any atom is 0.233 e. The summed E-state index contributed by atoms with van der Waals surface area (Å²) in [6.07, 6.45) is 0. The summed E-state index contributed by atoms with van der Waals surface area (Å²) >= 11 is 5.94. The van der Waals surface area contributed by atoms with Crippen molar-refractivity contribution in [3.63, 3.8) is 0 Å². The monoisotopic (exact) mass is 450 g/mol. The molecule has 2 heterocycles. The van der Waals surface area contributed by atoms with Crippen molar-refractivity contribution in [1.82, 2.24) is 4.98 Å². The molecule has 1 aromatic heterocycles. The van der Waals surface area contributed by atoms with Crippen LogP contribution in [0.3, 0.4) is 0 Å². The lowest BCUT2D eigenvalue weighted by Gasteiger charge is -2.18. The number of halogens is 1. The van der Waals surface area contributed by atoms with Gasteiger partial charge in [0.05, 0.1) is 11.5 Å². The molecule has 1 aliphatic rings. The van der Waals surface area contributed by atoms with Gasteiger partial charge in [-0.05, 0) is 36.4 Å². The molecule has 0 saturated heterocycles. The van der Waals surface area contributed by atoms with E-state index in [2.05, 4.69) is 10.3 Å². The number of hydrogen-bond acceptors (Lipinski definition) is 8. The number of sulfone groups is 1. The molecular formula is C20H19ClN2O6S. The van der Waals surface area contributed by atoms with Gasteiger partial charge in [-0.25, -0.2) is 8.42 Å². The molecule has 158 valence electrons. The summed E-state index contributed by atoms with van der Waals surface area (Å²) in [7, 11) is -2.46. The van der Waals surface area contributed by atoms with Crippen molar-refractivity contribution >= 4 is 27.3 Å². The minimum Gasteiger partial charge on any atom is -0.486 e. The molecule has 0 bridgehead atoms. The fourth-order valence-electron chi connectivity index (χ4n) is 2.89. The van der Waals surface area contributed by atoms with Gasteiger partial charge in [-0.3, -0.25) is 0 Å². The van der Waals surface area contributed by atoms with E-state index in [4.69, 9.17) is 30.2 Å². The van der Waals surface area contributed by atoms with E-state index in [1.807, 2.05) is 0 Å². The van der Waals surface area contributed by atoms with E-state index >= 15 is 0 Å². The van der Waals surface area contributed by atoms with E-state index in [1.165, 1.54) is 12.1 Å². The number of anilines is 1. The van der Waals surface area contributed by atoms with Crippen LogP contribution in [0.25, 0.3) is 11.5 Å². The molecule has 0 aliphatic carbocycles. The zero-order chi connectivity index (χ0) is 21.1. The van der Waals surface area contributed by atoms with Gasteiger partial charge in [0.25, 0.3) is 0 Å². The minimum atomic E-state index is -4.01. The van der Waals surface area contributed by atoms with Gasteiger partial charge in [0.2, 0.25) is 26.6 Å². The zero-order valence-corrected chi connectivity index (χ0v) is 17.6. The second-order valence-corrected chi connectivity index (χ2v) is 8.69. The Morgan fingerprint density at radius 3 is 2.57 bits per heavy atom. The van der Waals surface area contributed by atoms with Gasteiger partial charge < -0.3 is 23.9 Å². The van der Waals surface area contributed by atoms with E-state index in [-0.39, 0.29) is 21.7 Å². The number of rotatable bonds is 7. The Morgan fingerprint density at radius 2 is 1.83 bits per heavy atom. The van der Waals surface area contributed by atoms with Crippen molar-refractivity contribution in [2.24, 2.45) is 0 Å². The van der Waals surface area contributed by atoms with Crippen LogP contribution >= 0.6 is 11.6 Å². The predicted octanol–water partition coefficient (Wildman–Crippen LogP) is 3.66. The highest BCUT2D eigenvalue weighted by atomic mass is 35.5. The molecule has 4 rings (SSSR count). The topological polar surface area (TPSA) is 99.9 Å². The molecule has 3 aromatic rings. The zero-order valence-electron chi connectivity index (χ0n) is 16.1. The molecule has 8 nitrogen and oxygen atoms in total. The number of oxazole rings is 1. The van der Waals surface area contributed by atoms with Crippen molar-refractivity contribution in [2.45, 2.75) is 9.92 Å². The highest BCUT2D eigenvalue weighted by Crippen LogP contribution is 2.37. The summed E-state index contributed by atoms with van der Waals surface area (Å²) in [6.45, 7) is 1.47. The first-order valence-corrected chi connectivity index (χ1v) is 11.0. The summed E-state index contributed by atoms with van der Waals surface area (Å²) in [4.78, 5) is 4.30. The molecule has 0 saturated carbocycles. The van der Waals surface area contributed by atoms with Gasteiger partial charge in [0.15, 0.2) is 11.5 Å². The van der Waals surface area contributed by atoms with Crippen LogP contribution in [0.5, 0.6) is 11.5 Å². The molecule has 30 heavy (non-hydrogen) atoms. The Bertz CT molecular complexity index is 1140. The summed E-state index contributed by atoms with van der Waals surface area (Å²) in [5.41, 5.74) is 0.595. The first kappa shape index (κ1) is 20.5. The Hall–Kier alpha value is -2.75. The number of benzene rings is 2. The van der Waals surface area contributed by atoms with Gasteiger partial charge >= 0.3 is 0 Å². The Labute approximate surface area is 178 Å².